The second-order valence-corrected chi connectivity index (χ2v) is 10.8. The summed E-state index contributed by atoms with van der Waals surface area (Å²) in [5.41, 5.74) is 4.19. The zero-order chi connectivity index (χ0) is 22.8. The van der Waals surface area contributed by atoms with Gasteiger partial charge < -0.3 is 14.2 Å². The van der Waals surface area contributed by atoms with Crippen LogP contribution in [0.5, 0.6) is 0 Å². The Morgan fingerprint density at radius 1 is 1.00 bits per heavy atom. The predicted molar refractivity (Wildman–Crippen MR) is 131 cm³/mol. The van der Waals surface area contributed by atoms with Crippen molar-refractivity contribution < 1.29 is 9.21 Å². The lowest BCUT2D eigenvalue weighted by Gasteiger charge is -2.22. The maximum absolute atomic E-state index is 13.7. The molecule has 0 spiro atoms. The molecule has 5 heterocycles. The van der Waals surface area contributed by atoms with Gasteiger partial charge in [0.25, 0.3) is 5.91 Å². The van der Waals surface area contributed by atoms with E-state index in [1.54, 1.807) is 17.6 Å². The van der Waals surface area contributed by atoms with Gasteiger partial charge in [-0.2, -0.15) is 0 Å². The number of amides is 1. The highest BCUT2D eigenvalue weighted by Crippen LogP contribution is 2.45. The Labute approximate surface area is 201 Å². The molecule has 1 aromatic carbocycles. The van der Waals surface area contributed by atoms with Crippen LogP contribution in [-0.2, 0) is 0 Å². The molecule has 3 aliphatic rings. The highest BCUT2D eigenvalue weighted by molar-refractivity contribution is 7.15. The van der Waals surface area contributed by atoms with Gasteiger partial charge in [-0.05, 0) is 25.3 Å². The van der Waals surface area contributed by atoms with Gasteiger partial charge in [0, 0.05) is 50.0 Å². The molecule has 3 aromatic heterocycles. The van der Waals surface area contributed by atoms with E-state index in [1.807, 2.05) is 36.1 Å². The summed E-state index contributed by atoms with van der Waals surface area (Å²) in [4.78, 5) is 33.2. The molecule has 1 aliphatic carbocycles. The van der Waals surface area contributed by atoms with E-state index >= 15 is 0 Å². The molecule has 1 amide bonds. The molecule has 7 rings (SSSR count). The topological polar surface area (TPSA) is 75.4 Å². The molecule has 7 nitrogen and oxygen atoms in total. The van der Waals surface area contributed by atoms with Crippen molar-refractivity contribution in [1.82, 2.24) is 19.9 Å². The SMILES string of the molecule is Cc1nc(N2CC3CN(C(=O)c4nc(C5CC5)sc4-c4ccccc4)CC3C2)nc2ccoc12. The van der Waals surface area contributed by atoms with Gasteiger partial charge in [0.2, 0.25) is 5.95 Å². The average Bonchev–Trinajstić information content (AvgIpc) is 3.22. The smallest absolute Gasteiger partial charge is 0.274 e. The number of carbonyl (C=O) groups is 1. The third-order valence-corrected chi connectivity index (χ3v) is 8.59. The number of aromatic nitrogens is 3. The summed E-state index contributed by atoms with van der Waals surface area (Å²) in [6, 6.07) is 12.1. The molecule has 2 atom stereocenters. The highest BCUT2D eigenvalue weighted by Gasteiger charge is 2.43. The number of carbonyl (C=O) groups excluding carboxylic acids is 1. The first kappa shape index (κ1) is 20.1. The van der Waals surface area contributed by atoms with E-state index < -0.39 is 0 Å². The molecule has 3 fully saturated rings. The van der Waals surface area contributed by atoms with E-state index in [-0.39, 0.29) is 5.91 Å². The lowest BCUT2D eigenvalue weighted by Crippen LogP contribution is -2.34. The fourth-order valence-electron chi connectivity index (χ4n) is 5.38. The van der Waals surface area contributed by atoms with Gasteiger partial charge in [0.1, 0.15) is 11.2 Å². The van der Waals surface area contributed by atoms with Crippen LogP contribution in [0.15, 0.2) is 47.1 Å². The van der Waals surface area contributed by atoms with E-state index in [0.29, 0.717) is 23.4 Å². The number of aryl methyl sites for hydroxylation is 1. The molecule has 2 unspecified atom stereocenters. The molecule has 0 radical (unpaired) electrons. The van der Waals surface area contributed by atoms with Gasteiger partial charge in [0.05, 0.1) is 21.8 Å². The number of hydrogen-bond donors (Lipinski definition) is 0. The number of hydrogen-bond acceptors (Lipinski definition) is 7. The Hall–Kier alpha value is -3.26. The van der Waals surface area contributed by atoms with Crippen molar-refractivity contribution in [2.24, 2.45) is 11.8 Å². The number of furan rings is 1. The van der Waals surface area contributed by atoms with Crippen molar-refractivity contribution in [3.05, 3.63) is 59.1 Å². The maximum Gasteiger partial charge on any atom is 0.274 e. The van der Waals surface area contributed by atoms with Crippen molar-refractivity contribution in [2.45, 2.75) is 25.7 Å². The zero-order valence-electron chi connectivity index (χ0n) is 19.0. The van der Waals surface area contributed by atoms with Crippen molar-refractivity contribution in [3.63, 3.8) is 0 Å². The Kier molecular flexibility index (Phi) is 4.52. The van der Waals surface area contributed by atoms with Crippen LogP contribution in [0, 0.1) is 18.8 Å². The fraction of sp³-hybridized carbons (Fsp3) is 0.385. The fourth-order valence-corrected chi connectivity index (χ4v) is 6.61. The number of anilines is 1. The first-order valence-corrected chi connectivity index (χ1v) is 12.8. The van der Waals surface area contributed by atoms with Crippen LogP contribution in [0.1, 0.15) is 39.9 Å². The van der Waals surface area contributed by atoms with Crippen molar-refractivity contribution in [1.29, 1.82) is 0 Å². The van der Waals surface area contributed by atoms with Crippen LogP contribution in [0.2, 0.25) is 0 Å². The van der Waals surface area contributed by atoms with E-state index in [1.165, 1.54) is 12.8 Å². The summed E-state index contributed by atoms with van der Waals surface area (Å²) in [6.07, 6.45) is 4.03. The summed E-state index contributed by atoms with van der Waals surface area (Å²) < 4.78 is 5.49. The molecular formula is C26H25N5O2S. The minimum absolute atomic E-state index is 0.0786. The lowest BCUT2D eigenvalue weighted by atomic mass is 10.0. The molecule has 8 heteroatoms. The molecule has 1 saturated carbocycles. The molecular weight excluding hydrogens is 446 g/mol. The third-order valence-electron chi connectivity index (χ3n) is 7.33. The molecule has 2 saturated heterocycles. The van der Waals surface area contributed by atoms with Crippen LogP contribution in [0.25, 0.3) is 21.5 Å². The Balaban J connectivity index is 1.11. The van der Waals surface area contributed by atoms with Gasteiger partial charge in [-0.3, -0.25) is 4.79 Å². The molecule has 172 valence electrons. The molecule has 2 aliphatic heterocycles. The van der Waals surface area contributed by atoms with Crippen molar-refractivity contribution in [3.8, 4) is 10.4 Å². The Bertz CT molecular complexity index is 1380. The lowest BCUT2D eigenvalue weighted by molar-refractivity contribution is 0.0778. The monoisotopic (exact) mass is 471 g/mol. The highest BCUT2D eigenvalue weighted by atomic mass is 32.1. The number of benzene rings is 1. The van der Waals surface area contributed by atoms with Crippen LogP contribution >= 0.6 is 11.3 Å². The summed E-state index contributed by atoms with van der Waals surface area (Å²) in [7, 11) is 0. The van der Waals surface area contributed by atoms with Gasteiger partial charge in [-0.1, -0.05) is 30.3 Å². The van der Waals surface area contributed by atoms with Crippen molar-refractivity contribution >= 4 is 34.3 Å². The zero-order valence-corrected chi connectivity index (χ0v) is 19.8. The average molecular weight is 472 g/mol. The van der Waals surface area contributed by atoms with Crippen LogP contribution < -0.4 is 4.90 Å². The normalized spacial score (nSPS) is 22.0. The number of rotatable bonds is 4. The van der Waals surface area contributed by atoms with Gasteiger partial charge in [-0.25, -0.2) is 15.0 Å². The predicted octanol–water partition coefficient (Wildman–Crippen LogP) is 4.74. The molecule has 0 bridgehead atoms. The largest absolute Gasteiger partial charge is 0.461 e. The van der Waals surface area contributed by atoms with E-state index in [4.69, 9.17) is 14.4 Å². The summed E-state index contributed by atoms with van der Waals surface area (Å²) in [5.74, 6) is 2.23. The summed E-state index contributed by atoms with van der Waals surface area (Å²) in [6.45, 7) is 5.22. The molecule has 4 aromatic rings. The number of thiazole rings is 1. The minimum Gasteiger partial charge on any atom is -0.461 e. The molecule has 0 N–H and O–H groups in total. The Morgan fingerprint density at radius 3 is 2.50 bits per heavy atom. The summed E-state index contributed by atoms with van der Waals surface area (Å²) >= 11 is 1.70. The molecule has 34 heavy (non-hydrogen) atoms. The first-order chi connectivity index (χ1) is 16.6. The van der Waals surface area contributed by atoms with Gasteiger partial charge >= 0.3 is 0 Å². The van der Waals surface area contributed by atoms with Gasteiger partial charge in [-0.15, -0.1) is 11.3 Å². The first-order valence-electron chi connectivity index (χ1n) is 12.0. The third kappa shape index (κ3) is 3.31. The minimum atomic E-state index is 0.0786. The van der Waals surface area contributed by atoms with Crippen molar-refractivity contribution in [2.75, 3.05) is 31.1 Å². The second kappa shape index (κ2) is 7.63. The number of likely N-dealkylation sites (tertiary alicyclic amines) is 1. The quantitative estimate of drug-likeness (QED) is 0.428. The van der Waals surface area contributed by atoms with Gasteiger partial charge in [0.15, 0.2) is 5.58 Å². The van der Waals surface area contributed by atoms with Crippen LogP contribution in [0.4, 0.5) is 5.95 Å². The van der Waals surface area contributed by atoms with E-state index in [0.717, 1.165) is 64.4 Å². The Morgan fingerprint density at radius 2 is 1.76 bits per heavy atom. The second-order valence-electron chi connectivity index (χ2n) is 9.75. The van der Waals surface area contributed by atoms with Crippen LogP contribution in [0.3, 0.4) is 0 Å². The van der Waals surface area contributed by atoms with Crippen LogP contribution in [-0.4, -0.2) is 51.9 Å². The number of fused-ring (bicyclic) bond motifs is 2. The van der Waals surface area contributed by atoms with E-state index in [9.17, 15) is 4.79 Å². The summed E-state index contributed by atoms with van der Waals surface area (Å²) in [5, 5.41) is 1.12. The maximum atomic E-state index is 13.7. The number of nitrogens with zero attached hydrogens (tertiary/aromatic N) is 5. The van der Waals surface area contributed by atoms with E-state index in [2.05, 4.69) is 22.0 Å². The standard InChI is InChI=1S/C26H25N5O2S/c1-15-22-20(9-10-33-22)28-26(27-15)31-13-18-11-30(12-19(18)14-31)25(32)21-23(16-5-3-2-4-6-16)34-24(29-21)17-7-8-17/h2-6,9-10,17-19H,7-8,11-14H2,1H3.